The van der Waals surface area contributed by atoms with Crippen LogP contribution >= 0.6 is 7.82 Å². The topological polar surface area (TPSA) is 114 Å². The lowest BCUT2D eigenvalue weighted by Gasteiger charge is -2.30. The zero-order valence-corrected chi connectivity index (χ0v) is 50.3. The van der Waals surface area contributed by atoms with Crippen molar-refractivity contribution in [1.82, 2.24) is 5.32 Å². The highest BCUT2D eigenvalue weighted by atomic mass is 31.2. The molecule has 9 nitrogen and oxygen atoms in total. The Bertz CT molecular complexity index is 1720. The highest BCUT2D eigenvalue weighted by Gasteiger charge is 2.27. The summed E-state index contributed by atoms with van der Waals surface area (Å²) >= 11 is 0. The summed E-state index contributed by atoms with van der Waals surface area (Å²) in [6, 6.07) is -0.913. The van der Waals surface area contributed by atoms with Crippen LogP contribution in [0.1, 0.15) is 233 Å². The highest BCUT2D eigenvalue weighted by Crippen LogP contribution is 2.38. The minimum absolute atomic E-state index is 0.0360. The first-order valence-electron chi connectivity index (χ1n) is 30.3. The number of hydrogen-bond acceptors (Lipinski definition) is 7. The molecule has 10 heteroatoms. The maximum absolute atomic E-state index is 13.5. The average Bonchev–Trinajstić information content (AvgIpc) is 3.38. The van der Waals surface area contributed by atoms with Gasteiger partial charge in [-0.25, -0.2) is 0 Å². The van der Waals surface area contributed by atoms with Crippen LogP contribution in [0.5, 0.6) is 0 Å². The van der Waals surface area contributed by atoms with Gasteiger partial charge in [-0.3, -0.25) is 14.2 Å². The lowest BCUT2D eigenvalue weighted by Crippen LogP contribution is -2.47. The molecule has 0 bridgehead atoms. The van der Waals surface area contributed by atoms with Crippen LogP contribution < -0.4 is 10.2 Å². The molecule has 0 saturated heterocycles. The summed E-state index contributed by atoms with van der Waals surface area (Å²) in [5, 5.41) is 3.01. The Balaban J connectivity index is 5.23. The number of hydrogen-bond donors (Lipinski definition) is 1. The summed E-state index contributed by atoms with van der Waals surface area (Å²) in [4.78, 5) is 39.9. The van der Waals surface area contributed by atoms with Crippen molar-refractivity contribution < 1.29 is 37.3 Å². The number of carbonyl (C=O) groups excluding carboxylic acids is 2. The SMILES string of the molecule is CC/C=C\C/C=C\C/C=C\C/C=C\C/C=C\C/C=C\CCCCCCCCC(=O)NC(COP(=O)([O-])OCC[N+](C)(C)C)C(/C=C\CCCCCCCCCCC)OC(=O)CCCCCC/C=C/C/C=C/C/C=C/CC. The molecule has 0 fully saturated rings. The van der Waals surface area contributed by atoms with E-state index in [2.05, 4.69) is 135 Å². The molecule has 76 heavy (non-hydrogen) atoms. The molecule has 0 saturated carbocycles. The Morgan fingerprint density at radius 2 is 0.842 bits per heavy atom. The monoisotopic (exact) mass is 1080 g/mol. The van der Waals surface area contributed by atoms with Crippen molar-refractivity contribution >= 4 is 19.7 Å². The van der Waals surface area contributed by atoms with Gasteiger partial charge in [-0.05, 0) is 115 Å². The Hall–Kier alpha value is -3.59. The molecule has 0 aliphatic carbocycles. The Labute approximate surface area is 467 Å². The molecule has 0 radical (unpaired) electrons. The van der Waals surface area contributed by atoms with Gasteiger partial charge in [0, 0.05) is 12.8 Å². The van der Waals surface area contributed by atoms with E-state index in [1.807, 2.05) is 33.3 Å². The quantitative estimate of drug-likeness (QED) is 0.0212. The van der Waals surface area contributed by atoms with Crippen molar-refractivity contribution in [2.75, 3.05) is 40.9 Å². The van der Waals surface area contributed by atoms with E-state index in [9.17, 15) is 19.0 Å². The van der Waals surface area contributed by atoms with Gasteiger partial charge in [0.2, 0.25) is 5.91 Å². The van der Waals surface area contributed by atoms with Crippen molar-refractivity contribution in [3.8, 4) is 0 Å². The molecule has 1 N–H and O–H groups in total. The predicted octanol–water partition coefficient (Wildman–Crippen LogP) is 18.1. The van der Waals surface area contributed by atoms with Gasteiger partial charge >= 0.3 is 5.97 Å². The number of carbonyl (C=O) groups is 2. The van der Waals surface area contributed by atoms with Crippen LogP contribution in [0.4, 0.5) is 0 Å². The second-order valence-electron chi connectivity index (χ2n) is 21.1. The fourth-order valence-electron chi connectivity index (χ4n) is 8.01. The first-order chi connectivity index (χ1) is 36.9. The number of nitrogens with one attached hydrogen (secondary N) is 1. The fraction of sp³-hybridized carbons (Fsp3) is 0.667. The Morgan fingerprint density at radius 3 is 1.26 bits per heavy atom. The van der Waals surface area contributed by atoms with Crippen LogP contribution in [0.15, 0.2) is 122 Å². The zero-order valence-electron chi connectivity index (χ0n) is 49.4. The normalized spacial score (nSPS) is 14.6. The molecule has 0 rings (SSSR count). The van der Waals surface area contributed by atoms with E-state index in [4.69, 9.17) is 13.8 Å². The van der Waals surface area contributed by atoms with Crippen LogP contribution in [-0.2, 0) is 27.9 Å². The number of quaternary nitrogens is 1. The molecule has 0 aromatic carbocycles. The Kier molecular flexibility index (Phi) is 52.2. The first-order valence-corrected chi connectivity index (χ1v) is 31.8. The average molecular weight is 1080 g/mol. The van der Waals surface area contributed by atoms with Gasteiger partial charge in [0.15, 0.2) is 0 Å². The number of allylic oxidation sites excluding steroid dienone is 19. The largest absolute Gasteiger partial charge is 0.756 e. The third-order valence-electron chi connectivity index (χ3n) is 12.6. The number of unbranched alkanes of at least 4 members (excludes halogenated alkanes) is 19. The summed E-state index contributed by atoms with van der Waals surface area (Å²) in [6.07, 6.45) is 76.0. The summed E-state index contributed by atoms with van der Waals surface area (Å²) in [5.41, 5.74) is 0. The maximum Gasteiger partial charge on any atom is 0.306 e. The molecule has 0 heterocycles. The molecular formula is C66H113N2O7P. The van der Waals surface area contributed by atoms with Crippen molar-refractivity contribution in [1.29, 1.82) is 0 Å². The van der Waals surface area contributed by atoms with E-state index in [-0.39, 0.29) is 31.3 Å². The molecular weight excluding hydrogens is 964 g/mol. The summed E-state index contributed by atoms with van der Waals surface area (Å²) in [7, 11) is 1.14. The molecule has 0 aliphatic heterocycles. The van der Waals surface area contributed by atoms with E-state index in [1.54, 1.807) is 0 Å². The maximum atomic E-state index is 13.5. The minimum atomic E-state index is -4.71. The molecule has 0 spiro atoms. The van der Waals surface area contributed by atoms with Gasteiger partial charge in [0.25, 0.3) is 7.82 Å². The number of ether oxygens (including phenoxy) is 1. The van der Waals surface area contributed by atoms with Crippen LogP contribution in [0.2, 0.25) is 0 Å². The first kappa shape index (κ1) is 72.4. The fourth-order valence-corrected chi connectivity index (χ4v) is 8.73. The second kappa shape index (κ2) is 54.8. The van der Waals surface area contributed by atoms with Crippen LogP contribution in [0.25, 0.3) is 0 Å². The number of phosphoric acid groups is 1. The number of amides is 1. The van der Waals surface area contributed by atoms with Crippen LogP contribution in [0.3, 0.4) is 0 Å². The third kappa shape index (κ3) is 55.2. The zero-order chi connectivity index (χ0) is 55.7. The van der Waals surface area contributed by atoms with E-state index >= 15 is 0 Å². The van der Waals surface area contributed by atoms with E-state index in [1.165, 1.54) is 44.9 Å². The molecule has 434 valence electrons. The number of rotatable bonds is 53. The van der Waals surface area contributed by atoms with Gasteiger partial charge in [-0.15, -0.1) is 0 Å². The number of esters is 1. The summed E-state index contributed by atoms with van der Waals surface area (Å²) < 4.78 is 30.2. The number of likely N-dealkylation sites (N-methyl/N-ethyl adjacent to an activating group) is 1. The van der Waals surface area contributed by atoms with Crippen molar-refractivity contribution in [3.05, 3.63) is 122 Å². The van der Waals surface area contributed by atoms with Crippen molar-refractivity contribution in [2.24, 2.45) is 0 Å². The van der Waals surface area contributed by atoms with Crippen molar-refractivity contribution in [2.45, 2.75) is 245 Å². The van der Waals surface area contributed by atoms with Crippen LogP contribution in [0, 0.1) is 0 Å². The molecule has 3 atom stereocenters. The minimum Gasteiger partial charge on any atom is -0.756 e. The van der Waals surface area contributed by atoms with Crippen LogP contribution in [-0.4, -0.2) is 69.4 Å². The van der Waals surface area contributed by atoms with Gasteiger partial charge in [0.1, 0.15) is 19.3 Å². The third-order valence-corrected chi connectivity index (χ3v) is 13.6. The highest BCUT2D eigenvalue weighted by molar-refractivity contribution is 7.45. The van der Waals surface area contributed by atoms with Crippen molar-refractivity contribution in [3.63, 3.8) is 0 Å². The molecule has 3 unspecified atom stereocenters. The van der Waals surface area contributed by atoms with Gasteiger partial charge in [-0.2, -0.15) is 0 Å². The summed E-state index contributed by atoms with van der Waals surface area (Å²) in [6.45, 7) is 6.56. The smallest absolute Gasteiger partial charge is 0.306 e. The Morgan fingerprint density at radius 1 is 0.474 bits per heavy atom. The number of nitrogens with zero attached hydrogens (tertiary/aromatic N) is 1. The predicted molar refractivity (Wildman–Crippen MR) is 325 cm³/mol. The molecule has 1 amide bonds. The molecule has 0 aromatic rings. The standard InChI is InChI=1S/C66H113N2O7P/c1-7-10-13-16-19-22-25-27-29-30-31-32-33-34-35-36-37-38-39-40-43-46-49-52-55-58-65(69)67-63(62-74-76(71,72)73-61-60-68(4,5)6)64(57-54-51-48-45-42-24-21-18-15-12-9-3)75-66(70)59-56-53-50-47-44-41-28-26-23-20-17-14-11-8-2/h10-11,13-14,19-20,22-23,27-29,31-32,34-35,37-38,41,54,57,63-64H,7-9,12,15-18,21,24-26,30,33,36,39-40,42-53,55-56,58-62H2,1-6H3,(H-,67,69,71,72)/b13-10-,14-11+,22-19-,23-20+,29-27-,32-31-,35-34-,38-37-,41-28+,57-54-. The lowest BCUT2D eigenvalue weighted by molar-refractivity contribution is -0.870. The van der Waals surface area contributed by atoms with Gasteiger partial charge in [0.05, 0.1) is 33.8 Å². The van der Waals surface area contributed by atoms with E-state index < -0.39 is 26.6 Å². The van der Waals surface area contributed by atoms with E-state index in [0.717, 1.165) is 141 Å². The molecule has 0 aromatic heterocycles. The summed E-state index contributed by atoms with van der Waals surface area (Å²) in [5.74, 6) is -0.594. The second-order valence-corrected chi connectivity index (χ2v) is 22.5. The molecule has 0 aliphatic rings. The lowest BCUT2D eigenvalue weighted by atomic mass is 10.1. The van der Waals surface area contributed by atoms with E-state index in [0.29, 0.717) is 23.9 Å². The van der Waals surface area contributed by atoms with Gasteiger partial charge < -0.3 is 28.5 Å². The number of phosphoric ester groups is 1. The van der Waals surface area contributed by atoms with Gasteiger partial charge in [-0.1, -0.05) is 226 Å².